The summed E-state index contributed by atoms with van der Waals surface area (Å²) in [5.74, 6) is -0.325. The van der Waals surface area contributed by atoms with Crippen molar-refractivity contribution in [3.8, 4) is 16.9 Å². The van der Waals surface area contributed by atoms with Crippen molar-refractivity contribution in [1.82, 2.24) is 9.78 Å². The third kappa shape index (κ3) is 5.20. The molecule has 2 aromatic carbocycles. The average molecular weight is 452 g/mol. The molecule has 1 aromatic heterocycles. The van der Waals surface area contributed by atoms with E-state index in [1.54, 1.807) is 0 Å². The van der Waals surface area contributed by atoms with Gasteiger partial charge in [-0.3, -0.25) is 4.79 Å². The summed E-state index contributed by atoms with van der Waals surface area (Å²) in [6, 6.07) is 11.7. The van der Waals surface area contributed by atoms with Gasteiger partial charge in [-0.25, -0.2) is 13.1 Å². The molecular weight excluding hydrogens is 433 g/mol. The highest BCUT2D eigenvalue weighted by Crippen LogP contribution is 2.31. The molecular formula is C21H19F3N2O4S. The van der Waals surface area contributed by atoms with E-state index in [0.717, 1.165) is 18.4 Å². The molecule has 0 aliphatic carbocycles. The number of aromatic nitrogens is 2. The van der Waals surface area contributed by atoms with Gasteiger partial charge in [-0.2, -0.15) is 18.3 Å². The van der Waals surface area contributed by atoms with Crippen molar-refractivity contribution >= 4 is 15.6 Å². The second-order valence-corrected chi connectivity index (χ2v) is 8.93. The number of halogens is 3. The summed E-state index contributed by atoms with van der Waals surface area (Å²) in [5, 5.41) is 13.2. The predicted octanol–water partition coefficient (Wildman–Crippen LogP) is 3.92. The van der Waals surface area contributed by atoms with Gasteiger partial charge in [0.2, 0.25) is 0 Å². The highest BCUT2D eigenvalue weighted by Gasteiger charge is 2.30. The number of carbonyl (C=O) groups is 1. The Hall–Kier alpha value is -2.98. The van der Waals surface area contributed by atoms with Crippen LogP contribution in [0.4, 0.5) is 13.2 Å². The molecule has 3 rings (SSSR count). The molecule has 0 unspecified atom stereocenters. The number of benzene rings is 2. The molecule has 0 amide bonds. The van der Waals surface area contributed by atoms with Gasteiger partial charge in [-0.15, -0.1) is 0 Å². The molecule has 0 radical (unpaired) electrons. The number of hydrogen-bond donors (Lipinski definition) is 1. The Labute approximate surface area is 176 Å². The van der Waals surface area contributed by atoms with Crippen LogP contribution in [0.5, 0.6) is 0 Å². The summed E-state index contributed by atoms with van der Waals surface area (Å²) >= 11 is 0. The van der Waals surface area contributed by atoms with E-state index in [4.69, 9.17) is 5.11 Å². The minimum Gasteiger partial charge on any atom is -0.396 e. The van der Waals surface area contributed by atoms with Crippen LogP contribution in [0.1, 0.15) is 28.9 Å². The first-order valence-electron chi connectivity index (χ1n) is 9.23. The van der Waals surface area contributed by atoms with Crippen LogP contribution >= 0.6 is 0 Å². The Kier molecular flexibility index (Phi) is 6.33. The third-order valence-corrected chi connectivity index (χ3v) is 5.70. The van der Waals surface area contributed by atoms with Gasteiger partial charge in [-0.05, 0) is 48.9 Å². The second-order valence-electron chi connectivity index (χ2n) is 6.92. The fourth-order valence-corrected chi connectivity index (χ4v) is 3.58. The first-order chi connectivity index (χ1) is 14.5. The molecule has 6 nitrogen and oxygen atoms in total. The minimum atomic E-state index is -4.49. The monoisotopic (exact) mass is 452 g/mol. The fourth-order valence-electron chi connectivity index (χ4n) is 2.95. The SMILES string of the molecule is CS(=O)(=O)c1ccc(-c2cc(C(=O)CCCO)nn2-c2ccc(C(F)(F)F)cc2)cc1. The van der Waals surface area contributed by atoms with Crippen LogP contribution in [0.15, 0.2) is 59.5 Å². The van der Waals surface area contributed by atoms with E-state index < -0.39 is 21.6 Å². The lowest BCUT2D eigenvalue weighted by Gasteiger charge is -2.10. The zero-order valence-electron chi connectivity index (χ0n) is 16.4. The number of hydrogen-bond acceptors (Lipinski definition) is 5. The smallest absolute Gasteiger partial charge is 0.396 e. The Morgan fingerprint density at radius 3 is 2.19 bits per heavy atom. The van der Waals surface area contributed by atoms with Crippen LogP contribution in [-0.4, -0.2) is 42.0 Å². The minimum absolute atomic E-state index is 0.0625. The lowest BCUT2D eigenvalue weighted by molar-refractivity contribution is -0.137. The standard InChI is InChI=1S/C21H19F3N2O4S/c1-31(29,30)17-10-4-14(5-11-17)19-13-18(20(28)3-2-12-27)25-26(19)16-8-6-15(7-9-16)21(22,23)24/h4-11,13,27H,2-3,12H2,1H3. The molecule has 0 saturated heterocycles. The molecule has 31 heavy (non-hydrogen) atoms. The lowest BCUT2D eigenvalue weighted by Crippen LogP contribution is -2.07. The lowest BCUT2D eigenvalue weighted by atomic mass is 10.1. The fraction of sp³-hybridized carbons (Fsp3) is 0.238. The maximum absolute atomic E-state index is 12.9. The van der Waals surface area contributed by atoms with E-state index >= 15 is 0 Å². The number of ketones is 1. The number of rotatable bonds is 7. The van der Waals surface area contributed by atoms with Crippen LogP contribution in [-0.2, 0) is 16.0 Å². The van der Waals surface area contributed by atoms with Gasteiger partial charge < -0.3 is 5.11 Å². The first kappa shape index (κ1) is 22.7. The van der Waals surface area contributed by atoms with Crippen LogP contribution in [0, 0.1) is 0 Å². The van der Waals surface area contributed by atoms with Gasteiger partial charge in [-0.1, -0.05) is 12.1 Å². The Balaban J connectivity index is 2.08. The van der Waals surface area contributed by atoms with E-state index in [1.807, 2.05) is 0 Å². The molecule has 0 spiro atoms. The first-order valence-corrected chi connectivity index (χ1v) is 11.1. The molecule has 0 aliphatic rings. The molecule has 0 atom stereocenters. The van der Waals surface area contributed by atoms with Crippen LogP contribution in [0.25, 0.3) is 16.9 Å². The highest BCUT2D eigenvalue weighted by molar-refractivity contribution is 7.90. The zero-order valence-corrected chi connectivity index (χ0v) is 17.2. The van der Waals surface area contributed by atoms with E-state index in [-0.39, 0.29) is 35.8 Å². The maximum Gasteiger partial charge on any atom is 0.416 e. The molecule has 0 aliphatic heterocycles. The molecule has 164 valence electrons. The number of aliphatic hydroxyl groups is 1. The summed E-state index contributed by atoms with van der Waals surface area (Å²) in [6.45, 7) is -0.162. The van der Waals surface area contributed by atoms with Crippen molar-refractivity contribution in [2.75, 3.05) is 12.9 Å². The third-order valence-electron chi connectivity index (χ3n) is 4.57. The van der Waals surface area contributed by atoms with Gasteiger partial charge in [0.15, 0.2) is 15.6 Å². The largest absolute Gasteiger partial charge is 0.416 e. The van der Waals surface area contributed by atoms with Crippen LogP contribution in [0.2, 0.25) is 0 Å². The number of nitrogens with zero attached hydrogens (tertiary/aromatic N) is 2. The van der Waals surface area contributed by atoms with E-state index in [1.165, 1.54) is 47.1 Å². The highest BCUT2D eigenvalue weighted by atomic mass is 32.2. The van der Waals surface area contributed by atoms with E-state index in [9.17, 15) is 26.4 Å². The van der Waals surface area contributed by atoms with Crippen molar-refractivity contribution < 1.29 is 31.5 Å². The Morgan fingerprint density at radius 1 is 1.06 bits per heavy atom. The van der Waals surface area contributed by atoms with Gasteiger partial charge >= 0.3 is 6.18 Å². The van der Waals surface area contributed by atoms with Gasteiger partial charge in [0.05, 0.1) is 21.8 Å². The summed E-state index contributed by atoms with van der Waals surface area (Å²) < 4.78 is 63.4. The van der Waals surface area contributed by atoms with Gasteiger partial charge in [0.1, 0.15) is 5.69 Å². The van der Waals surface area contributed by atoms with E-state index in [2.05, 4.69) is 5.10 Å². The Morgan fingerprint density at radius 2 is 1.68 bits per heavy atom. The average Bonchev–Trinajstić information content (AvgIpc) is 3.16. The molecule has 0 bridgehead atoms. The Bertz CT molecular complexity index is 1180. The summed E-state index contributed by atoms with van der Waals surface area (Å²) in [5.41, 5.74) is 0.516. The number of aliphatic hydroxyl groups excluding tert-OH is 1. The van der Waals surface area contributed by atoms with Crippen LogP contribution < -0.4 is 0 Å². The van der Waals surface area contributed by atoms with E-state index in [0.29, 0.717) is 16.9 Å². The summed E-state index contributed by atoms with van der Waals surface area (Å²) in [6.07, 6.45) is -3.10. The maximum atomic E-state index is 12.9. The molecule has 3 aromatic rings. The van der Waals surface area contributed by atoms with Crippen molar-refractivity contribution in [3.05, 3.63) is 65.9 Å². The van der Waals surface area contributed by atoms with Crippen molar-refractivity contribution in [2.45, 2.75) is 23.9 Å². The number of carbonyl (C=O) groups excluding carboxylic acids is 1. The van der Waals surface area contributed by atoms with Crippen molar-refractivity contribution in [1.29, 1.82) is 0 Å². The zero-order chi connectivity index (χ0) is 22.8. The van der Waals surface area contributed by atoms with Gasteiger partial charge in [0, 0.05) is 24.8 Å². The number of alkyl halides is 3. The molecule has 0 fully saturated rings. The predicted molar refractivity (Wildman–Crippen MR) is 108 cm³/mol. The molecule has 1 N–H and O–H groups in total. The molecule has 0 saturated carbocycles. The summed E-state index contributed by atoms with van der Waals surface area (Å²) in [4.78, 5) is 12.5. The van der Waals surface area contributed by atoms with Gasteiger partial charge in [0.25, 0.3) is 0 Å². The van der Waals surface area contributed by atoms with Crippen molar-refractivity contribution in [3.63, 3.8) is 0 Å². The molecule has 1 heterocycles. The second kappa shape index (κ2) is 8.64. The van der Waals surface area contributed by atoms with Crippen LogP contribution in [0.3, 0.4) is 0 Å². The molecule has 10 heteroatoms. The number of sulfone groups is 1. The normalized spacial score (nSPS) is 12.2. The number of Topliss-reactive ketones (excluding diaryl/α,β-unsaturated/α-hetero) is 1. The summed E-state index contributed by atoms with van der Waals surface area (Å²) in [7, 11) is -3.41. The topological polar surface area (TPSA) is 89.3 Å². The quantitative estimate of drug-likeness (QED) is 0.549. The van der Waals surface area contributed by atoms with Crippen molar-refractivity contribution in [2.24, 2.45) is 0 Å².